The van der Waals surface area contributed by atoms with E-state index in [9.17, 15) is 0 Å². The van der Waals surface area contributed by atoms with Crippen molar-refractivity contribution in [3.63, 3.8) is 0 Å². The Kier molecular flexibility index (Phi) is 5.98. The van der Waals surface area contributed by atoms with Gasteiger partial charge in [0.15, 0.2) is 0 Å². The van der Waals surface area contributed by atoms with Gasteiger partial charge in [-0.2, -0.15) is 4.57 Å². The van der Waals surface area contributed by atoms with E-state index < -0.39 is 11.8 Å². The summed E-state index contributed by atoms with van der Waals surface area (Å²) in [7, 11) is 2.09. The molecular formula is C41H43N2O+. The van der Waals surface area contributed by atoms with Crippen molar-refractivity contribution >= 4 is 43.7 Å². The van der Waals surface area contributed by atoms with Gasteiger partial charge < -0.3 is 4.42 Å². The molecule has 3 aromatic heterocycles. The highest BCUT2D eigenvalue weighted by molar-refractivity contribution is 6.26. The Hall–Kier alpha value is -4.37. The van der Waals surface area contributed by atoms with Gasteiger partial charge in [-0.1, -0.05) is 97.0 Å². The zero-order chi connectivity index (χ0) is 32.9. The van der Waals surface area contributed by atoms with Crippen LogP contribution in [0.25, 0.3) is 60.7 Å². The smallest absolute Gasteiger partial charge is 0.287 e. The maximum atomic E-state index is 9.07. The number of furan rings is 1. The molecule has 0 radical (unpaired) electrons. The lowest BCUT2D eigenvalue weighted by atomic mass is 9.80. The van der Waals surface area contributed by atoms with Gasteiger partial charge in [0.05, 0.1) is 18.6 Å². The fraction of sp³-hybridized carbons (Fsp3) is 0.293. The summed E-state index contributed by atoms with van der Waals surface area (Å²) in [6, 6.07) is 27.5. The number of para-hydroxylation sites is 2. The zero-order valence-corrected chi connectivity index (χ0v) is 27.4. The van der Waals surface area contributed by atoms with Gasteiger partial charge in [-0.25, -0.2) is 4.57 Å². The van der Waals surface area contributed by atoms with Gasteiger partial charge in [0.2, 0.25) is 0 Å². The zero-order valence-electron chi connectivity index (χ0n) is 29.4. The van der Waals surface area contributed by atoms with Gasteiger partial charge in [-0.05, 0) is 76.2 Å². The van der Waals surface area contributed by atoms with Crippen molar-refractivity contribution in [2.75, 3.05) is 0 Å². The molecule has 0 saturated carbocycles. The second kappa shape index (κ2) is 10.1. The van der Waals surface area contributed by atoms with Crippen LogP contribution in [0.1, 0.15) is 85.2 Å². The molecular weight excluding hydrogens is 536 g/mol. The monoisotopic (exact) mass is 581 g/mol. The molecule has 4 aromatic carbocycles. The number of aromatic nitrogens is 2. The molecule has 7 rings (SSSR count). The van der Waals surface area contributed by atoms with Gasteiger partial charge in [-0.3, -0.25) is 0 Å². The van der Waals surface area contributed by atoms with Crippen molar-refractivity contribution in [2.24, 2.45) is 7.05 Å². The van der Waals surface area contributed by atoms with E-state index in [0.717, 1.165) is 66.4 Å². The third kappa shape index (κ3) is 4.13. The average Bonchev–Trinajstić information content (AvgIpc) is 3.52. The Bertz CT molecular complexity index is 2300. The molecule has 0 fully saturated rings. The van der Waals surface area contributed by atoms with Gasteiger partial charge in [0.25, 0.3) is 5.82 Å². The summed E-state index contributed by atoms with van der Waals surface area (Å²) >= 11 is 0. The molecule has 0 aliphatic carbocycles. The van der Waals surface area contributed by atoms with E-state index in [0.29, 0.717) is 0 Å². The molecule has 0 unspecified atom stereocenters. The molecule has 44 heavy (non-hydrogen) atoms. The summed E-state index contributed by atoms with van der Waals surface area (Å²) in [4.78, 5) is 0. The van der Waals surface area contributed by atoms with E-state index in [4.69, 9.17) is 7.16 Å². The first-order chi connectivity index (χ1) is 21.6. The first-order valence-electron chi connectivity index (χ1n) is 16.6. The molecule has 0 spiro atoms. The molecule has 7 aromatic rings. The second-order valence-electron chi connectivity index (χ2n) is 13.7. The number of benzene rings is 4. The first-order valence-corrected chi connectivity index (χ1v) is 15.6. The van der Waals surface area contributed by atoms with Gasteiger partial charge >= 0.3 is 0 Å². The van der Waals surface area contributed by atoms with E-state index >= 15 is 0 Å². The van der Waals surface area contributed by atoms with E-state index in [2.05, 4.69) is 105 Å². The third-order valence-corrected chi connectivity index (χ3v) is 9.21. The quantitative estimate of drug-likeness (QED) is 0.190. The van der Waals surface area contributed by atoms with Crippen molar-refractivity contribution in [3.05, 3.63) is 107 Å². The molecule has 0 bridgehead atoms. The molecule has 0 atom stereocenters. The fourth-order valence-electron chi connectivity index (χ4n) is 7.41. The number of nitrogens with zero attached hydrogens (tertiary/aromatic N) is 2. The number of hydrogen-bond acceptors (Lipinski definition) is 1. The second-order valence-corrected chi connectivity index (χ2v) is 13.7. The summed E-state index contributed by atoms with van der Waals surface area (Å²) in [5, 5.41) is 4.62. The van der Waals surface area contributed by atoms with Crippen LogP contribution < -0.4 is 4.57 Å². The van der Waals surface area contributed by atoms with Crippen LogP contribution >= 0.6 is 0 Å². The van der Waals surface area contributed by atoms with Crippen molar-refractivity contribution in [1.82, 2.24) is 4.57 Å². The number of hydrogen-bond donors (Lipinski definition) is 0. The largest absolute Gasteiger partial charge is 0.455 e. The summed E-state index contributed by atoms with van der Waals surface area (Å²) in [5.74, 6) is -0.673. The minimum atomic E-state index is -0.841. The normalized spacial score (nSPS) is 13.8. The lowest BCUT2D eigenvalue weighted by Crippen LogP contribution is -2.33. The van der Waals surface area contributed by atoms with E-state index in [1.807, 2.05) is 52.0 Å². The van der Waals surface area contributed by atoms with Crippen molar-refractivity contribution in [2.45, 2.75) is 72.6 Å². The fourth-order valence-corrected chi connectivity index (χ4v) is 7.41. The predicted molar refractivity (Wildman–Crippen MR) is 186 cm³/mol. The standard InChI is InChI=1S/C41H43N2O/c1-24(2)28-17-14-18-29(25(3)4)35(28)27-21-22-42(9)34(23-27)43-32-19-12-10-15-30(32)37-39(43)26(5)38(41(6,7)8)36-31-16-11-13-20-33(31)44-40(36)37/h10-25H,1-9H3/q+1/i24D,25D. The molecule has 0 aliphatic heterocycles. The summed E-state index contributed by atoms with van der Waals surface area (Å²) in [6.45, 7) is 16.9. The van der Waals surface area contributed by atoms with Crippen LogP contribution in [-0.4, -0.2) is 4.57 Å². The van der Waals surface area contributed by atoms with Gasteiger partial charge in [0.1, 0.15) is 22.2 Å². The van der Waals surface area contributed by atoms with Crippen LogP contribution in [0.3, 0.4) is 0 Å². The van der Waals surface area contributed by atoms with E-state index in [-0.39, 0.29) is 5.41 Å². The van der Waals surface area contributed by atoms with Crippen molar-refractivity contribution in [3.8, 4) is 16.9 Å². The molecule has 3 heterocycles. The number of aryl methyl sites for hydroxylation is 2. The molecule has 3 nitrogen and oxygen atoms in total. The van der Waals surface area contributed by atoms with Crippen molar-refractivity contribution < 1.29 is 11.7 Å². The number of rotatable bonds is 4. The Morgan fingerprint density at radius 2 is 1.43 bits per heavy atom. The lowest BCUT2D eigenvalue weighted by Gasteiger charge is -2.23. The average molecular weight is 582 g/mol. The van der Waals surface area contributed by atoms with E-state index in [1.54, 1.807) is 0 Å². The third-order valence-electron chi connectivity index (χ3n) is 9.21. The number of pyridine rings is 1. The highest BCUT2D eigenvalue weighted by Crippen LogP contribution is 2.47. The minimum absolute atomic E-state index is 0.137. The Labute approximate surface area is 263 Å². The lowest BCUT2D eigenvalue weighted by molar-refractivity contribution is -0.665. The molecule has 0 amide bonds. The van der Waals surface area contributed by atoms with Crippen LogP contribution in [0.15, 0.2) is 89.5 Å². The van der Waals surface area contributed by atoms with Crippen LogP contribution in [0.5, 0.6) is 0 Å². The predicted octanol–water partition coefficient (Wildman–Crippen LogP) is 11.0. The van der Waals surface area contributed by atoms with Gasteiger partial charge in [0, 0.05) is 30.5 Å². The Balaban J connectivity index is 1.67. The summed E-state index contributed by atoms with van der Waals surface area (Å²) < 4.78 is 29.5. The molecule has 3 heteroatoms. The van der Waals surface area contributed by atoms with Crippen LogP contribution in [0, 0.1) is 6.92 Å². The highest BCUT2D eigenvalue weighted by Gasteiger charge is 2.33. The van der Waals surface area contributed by atoms with Crippen LogP contribution in [0.2, 0.25) is 0 Å². The highest BCUT2D eigenvalue weighted by atomic mass is 16.3. The topological polar surface area (TPSA) is 21.9 Å². The van der Waals surface area contributed by atoms with Crippen molar-refractivity contribution in [1.29, 1.82) is 0 Å². The molecule has 0 N–H and O–H groups in total. The number of fused-ring (bicyclic) bond motifs is 7. The maximum absolute atomic E-state index is 9.07. The SMILES string of the molecule is [2H]C(C)(C)c1cccc(C([2H])(C)C)c1-c1cc[n+](C)c(-n2c3ccccc3c3c4oc5ccccc5c4c(C(C)(C)C)c(C)c32)c1. The van der Waals surface area contributed by atoms with Crippen LogP contribution in [0.4, 0.5) is 0 Å². The summed E-state index contributed by atoms with van der Waals surface area (Å²) in [5.41, 5.74) is 10.3. The van der Waals surface area contributed by atoms with Crippen LogP contribution in [-0.2, 0) is 12.5 Å². The molecule has 0 aliphatic rings. The molecule has 222 valence electrons. The van der Waals surface area contributed by atoms with Gasteiger partial charge in [-0.15, -0.1) is 0 Å². The summed E-state index contributed by atoms with van der Waals surface area (Å²) in [6.07, 6.45) is 2.11. The Morgan fingerprint density at radius 1 is 0.795 bits per heavy atom. The van der Waals surface area contributed by atoms with E-state index in [1.165, 1.54) is 16.5 Å². The maximum Gasteiger partial charge on any atom is 0.287 e. The minimum Gasteiger partial charge on any atom is -0.455 e. The molecule has 0 saturated heterocycles. The first kappa shape index (κ1) is 26.1. The Morgan fingerprint density at radius 3 is 2.09 bits per heavy atom.